The van der Waals surface area contributed by atoms with Gasteiger partial charge < -0.3 is 0 Å². The first-order valence-corrected chi connectivity index (χ1v) is 6.44. The van der Waals surface area contributed by atoms with Crippen LogP contribution >= 0.6 is 0 Å². The maximum atomic E-state index is 4.56. The Kier molecular flexibility index (Phi) is 5.98. The fourth-order valence-corrected chi connectivity index (χ4v) is 1.74. The smallest absolute Gasteiger partial charge is 0.144 e. The Labute approximate surface area is 110 Å². The number of nitrogens with zero attached hydrogens (tertiary/aromatic N) is 2. The Morgan fingerprint density at radius 3 is 2.72 bits per heavy atom. The molecule has 1 heterocycles. The number of hydrogen-bond donors (Lipinski definition) is 1. The van der Waals surface area contributed by atoms with Gasteiger partial charge in [-0.1, -0.05) is 32.1 Å². The van der Waals surface area contributed by atoms with E-state index in [1.165, 1.54) is 18.4 Å². The van der Waals surface area contributed by atoms with Crippen LogP contribution in [0.5, 0.6) is 0 Å². The highest BCUT2D eigenvalue weighted by atomic mass is 15.5. The van der Waals surface area contributed by atoms with Gasteiger partial charge in [-0.15, -0.1) is 6.58 Å². The molecule has 0 aliphatic heterocycles. The second-order valence-electron chi connectivity index (χ2n) is 4.28. The lowest BCUT2D eigenvalue weighted by Gasteiger charge is -2.20. The molecular formula is C15H23N3. The fourth-order valence-electron chi connectivity index (χ4n) is 1.74. The Bertz CT molecular complexity index is 399. The fraction of sp³-hybridized carbons (Fsp3) is 0.400. The van der Waals surface area contributed by atoms with Crippen molar-refractivity contribution < 1.29 is 0 Å². The number of aryl methyl sites for hydroxylation is 2. The molecule has 0 bridgehead atoms. The minimum absolute atomic E-state index is 0.696. The van der Waals surface area contributed by atoms with Crippen molar-refractivity contribution in [3.05, 3.63) is 48.8 Å². The molecule has 98 valence electrons. The summed E-state index contributed by atoms with van der Waals surface area (Å²) in [5, 5.41) is 1.85. The normalized spacial score (nSPS) is 9.89. The third-order valence-electron chi connectivity index (χ3n) is 2.80. The van der Waals surface area contributed by atoms with Crippen molar-refractivity contribution in [3.8, 4) is 0 Å². The molecule has 0 amide bonds. The summed E-state index contributed by atoms with van der Waals surface area (Å²) in [6, 6.07) is 4.16. The SMILES string of the molecule is C=CCN(C=C)Nc1ccc(CCCC)c(C)n1. The molecule has 0 aliphatic carbocycles. The summed E-state index contributed by atoms with van der Waals surface area (Å²) in [5.74, 6) is 0.842. The van der Waals surface area contributed by atoms with Crippen molar-refractivity contribution in [1.82, 2.24) is 9.99 Å². The van der Waals surface area contributed by atoms with Gasteiger partial charge >= 0.3 is 0 Å². The van der Waals surface area contributed by atoms with Crippen LogP contribution in [0.25, 0.3) is 0 Å². The van der Waals surface area contributed by atoms with Crippen molar-refractivity contribution in [1.29, 1.82) is 0 Å². The van der Waals surface area contributed by atoms with Crippen LogP contribution in [0.15, 0.2) is 37.6 Å². The lowest BCUT2D eigenvalue weighted by atomic mass is 10.1. The molecule has 1 N–H and O–H groups in total. The Morgan fingerprint density at radius 1 is 1.39 bits per heavy atom. The molecule has 3 nitrogen and oxygen atoms in total. The average Bonchev–Trinajstić information content (AvgIpc) is 2.37. The van der Waals surface area contributed by atoms with Crippen molar-refractivity contribution in [2.24, 2.45) is 0 Å². The average molecular weight is 245 g/mol. The van der Waals surface area contributed by atoms with Gasteiger partial charge in [0.25, 0.3) is 0 Å². The minimum Gasteiger partial charge on any atom is -0.291 e. The molecule has 0 radical (unpaired) electrons. The van der Waals surface area contributed by atoms with Crippen LogP contribution in [0.4, 0.5) is 5.82 Å². The Balaban J connectivity index is 2.70. The highest BCUT2D eigenvalue weighted by molar-refractivity contribution is 5.38. The predicted octanol–water partition coefficient (Wildman–Crippen LogP) is 3.69. The van der Waals surface area contributed by atoms with E-state index in [0.717, 1.165) is 17.9 Å². The van der Waals surface area contributed by atoms with Crippen LogP contribution in [0.1, 0.15) is 31.0 Å². The topological polar surface area (TPSA) is 28.2 Å². The van der Waals surface area contributed by atoms with Crippen LogP contribution in [-0.2, 0) is 6.42 Å². The molecule has 0 saturated heterocycles. The molecule has 0 atom stereocenters. The number of hydrazine groups is 1. The second kappa shape index (κ2) is 7.54. The summed E-state index contributed by atoms with van der Waals surface area (Å²) >= 11 is 0. The maximum absolute atomic E-state index is 4.56. The van der Waals surface area contributed by atoms with Gasteiger partial charge in [0.05, 0.1) is 6.54 Å². The van der Waals surface area contributed by atoms with E-state index in [4.69, 9.17) is 0 Å². The summed E-state index contributed by atoms with van der Waals surface area (Å²) in [6.45, 7) is 12.4. The van der Waals surface area contributed by atoms with Gasteiger partial charge in [0.1, 0.15) is 5.82 Å². The van der Waals surface area contributed by atoms with Crippen LogP contribution in [0.2, 0.25) is 0 Å². The summed E-state index contributed by atoms with van der Waals surface area (Å²) in [5.41, 5.74) is 5.61. The van der Waals surface area contributed by atoms with Gasteiger partial charge in [0, 0.05) is 11.9 Å². The standard InChI is InChI=1S/C15H23N3/c1-5-8-9-14-10-11-15(16-13(14)4)17-18(7-3)12-6-2/h6-7,10-11H,2-3,5,8-9,12H2,1,4H3,(H,16,17). The van der Waals surface area contributed by atoms with Gasteiger partial charge in [0.2, 0.25) is 0 Å². The molecule has 0 aromatic carbocycles. The third kappa shape index (κ3) is 4.24. The second-order valence-corrected chi connectivity index (χ2v) is 4.28. The zero-order valence-electron chi connectivity index (χ0n) is 11.4. The molecule has 1 aromatic heterocycles. The van der Waals surface area contributed by atoms with Gasteiger partial charge in [0.15, 0.2) is 0 Å². The molecule has 1 rings (SSSR count). The molecule has 0 unspecified atom stereocenters. The number of rotatable bonds is 8. The molecule has 0 fully saturated rings. The first-order valence-electron chi connectivity index (χ1n) is 6.44. The Hall–Kier alpha value is -1.77. The molecule has 0 saturated carbocycles. The van der Waals surface area contributed by atoms with E-state index in [-0.39, 0.29) is 0 Å². The molecule has 0 aliphatic rings. The van der Waals surface area contributed by atoms with E-state index >= 15 is 0 Å². The van der Waals surface area contributed by atoms with Crippen LogP contribution in [0, 0.1) is 6.92 Å². The van der Waals surface area contributed by atoms with Crippen molar-refractivity contribution in [2.75, 3.05) is 12.0 Å². The molecule has 1 aromatic rings. The molecular weight excluding hydrogens is 222 g/mol. The summed E-state index contributed by atoms with van der Waals surface area (Å²) in [7, 11) is 0. The van der Waals surface area contributed by atoms with Crippen molar-refractivity contribution in [3.63, 3.8) is 0 Å². The van der Waals surface area contributed by atoms with Gasteiger partial charge in [-0.2, -0.15) is 0 Å². The third-order valence-corrected chi connectivity index (χ3v) is 2.80. The first kappa shape index (κ1) is 14.3. The van der Waals surface area contributed by atoms with Crippen molar-refractivity contribution >= 4 is 5.82 Å². The number of nitrogens with one attached hydrogen (secondary N) is 1. The lowest BCUT2D eigenvalue weighted by Crippen LogP contribution is -2.24. The van der Waals surface area contributed by atoms with Crippen LogP contribution < -0.4 is 5.43 Å². The number of anilines is 1. The van der Waals surface area contributed by atoms with E-state index < -0.39 is 0 Å². The Morgan fingerprint density at radius 2 is 2.17 bits per heavy atom. The summed E-state index contributed by atoms with van der Waals surface area (Å²) in [4.78, 5) is 4.56. The number of aromatic nitrogens is 1. The van der Waals surface area contributed by atoms with Gasteiger partial charge in [-0.05, 0) is 31.4 Å². The summed E-state index contributed by atoms with van der Waals surface area (Å²) < 4.78 is 0. The number of unbranched alkanes of at least 4 members (excludes halogenated alkanes) is 1. The van der Waals surface area contributed by atoms with E-state index in [2.05, 4.69) is 43.5 Å². The first-order chi connectivity index (χ1) is 8.71. The molecule has 0 spiro atoms. The summed E-state index contributed by atoms with van der Waals surface area (Å²) in [6.07, 6.45) is 7.07. The zero-order valence-corrected chi connectivity index (χ0v) is 11.4. The number of pyridine rings is 1. The monoisotopic (exact) mass is 245 g/mol. The van der Waals surface area contributed by atoms with Crippen LogP contribution in [0.3, 0.4) is 0 Å². The largest absolute Gasteiger partial charge is 0.291 e. The predicted molar refractivity (Wildman–Crippen MR) is 78.3 cm³/mol. The van der Waals surface area contributed by atoms with Crippen molar-refractivity contribution in [2.45, 2.75) is 33.1 Å². The van der Waals surface area contributed by atoms with E-state index in [1.807, 2.05) is 17.2 Å². The minimum atomic E-state index is 0.696. The van der Waals surface area contributed by atoms with E-state index in [0.29, 0.717) is 6.54 Å². The highest BCUT2D eigenvalue weighted by Gasteiger charge is 2.03. The zero-order chi connectivity index (χ0) is 13.4. The molecule has 18 heavy (non-hydrogen) atoms. The lowest BCUT2D eigenvalue weighted by molar-refractivity contribution is 0.498. The number of hydrogen-bond acceptors (Lipinski definition) is 3. The van der Waals surface area contributed by atoms with Crippen LogP contribution in [-0.4, -0.2) is 16.5 Å². The quantitative estimate of drug-likeness (QED) is 0.559. The van der Waals surface area contributed by atoms with E-state index in [1.54, 1.807) is 6.20 Å². The highest BCUT2D eigenvalue weighted by Crippen LogP contribution is 2.13. The van der Waals surface area contributed by atoms with Gasteiger partial charge in [-0.3, -0.25) is 10.4 Å². The maximum Gasteiger partial charge on any atom is 0.144 e. The molecule has 3 heteroatoms. The van der Waals surface area contributed by atoms with Gasteiger partial charge in [-0.25, -0.2) is 4.98 Å². The van der Waals surface area contributed by atoms with E-state index in [9.17, 15) is 0 Å².